The third kappa shape index (κ3) is 2.60. The topological polar surface area (TPSA) is 31.0 Å². The summed E-state index contributed by atoms with van der Waals surface area (Å²) in [4.78, 5) is 5.34. The molecule has 122 valence electrons. The first-order chi connectivity index (χ1) is 11.5. The molecule has 0 aliphatic rings. The molecule has 4 rings (SSSR count). The van der Waals surface area contributed by atoms with Crippen LogP contribution in [0.1, 0.15) is 11.3 Å². The van der Waals surface area contributed by atoms with Gasteiger partial charge in [-0.2, -0.15) is 13.2 Å². The maximum atomic E-state index is 13.0. The highest BCUT2D eigenvalue weighted by molar-refractivity contribution is 7.13. The highest BCUT2D eigenvalue weighted by atomic mass is 32.1. The molecule has 0 bridgehead atoms. The average Bonchev–Trinajstić information content (AvgIpc) is 3.27. The lowest BCUT2D eigenvalue weighted by Crippen LogP contribution is -2.04. The van der Waals surface area contributed by atoms with E-state index in [1.165, 1.54) is 17.4 Å². The Kier molecular flexibility index (Phi) is 3.45. The second-order valence-corrected chi connectivity index (χ2v) is 6.23. The number of benzene rings is 1. The Morgan fingerprint density at radius 2 is 2.00 bits per heavy atom. The molecule has 0 radical (unpaired) electrons. The van der Waals surface area contributed by atoms with Crippen LogP contribution in [0.5, 0.6) is 0 Å². The summed E-state index contributed by atoms with van der Waals surface area (Å²) >= 11 is 1.49. The van der Waals surface area contributed by atoms with Crippen molar-refractivity contribution in [1.82, 2.24) is 9.55 Å². The van der Waals surface area contributed by atoms with E-state index >= 15 is 0 Å². The van der Waals surface area contributed by atoms with Crippen molar-refractivity contribution in [2.45, 2.75) is 12.7 Å². The molecule has 0 unspecified atom stereocenters. The molecule has 3 heterocycles. The van der Waals surface area contributed by atoms with Crippen LogP contribution < -0.4 is 0 Å². The fraction of sp³-hybridized carbons (Fsp3) is 0.118. The van der Waals surface area contributed by atoms with Gasteiger partial charge >= 0.3 is 6.18 Å². The van der Waals surface area contributed by atoms with Gasteiger partial charge in [0.25, 0.3) is 0 Å². The third-order valence-corrected chi connectivity index (χ3v) is 4.58. The van der Waals surface area contributed by atoms with Crippen LogP contribution in [0.3, 0.4) is 0 Å². The van der Waals surface area contributed by atoms with Crippen LogP contribution in [0.4, 0.5) is 13.2 Å². The molecule has 7 heteroatoms. The lowest BCUT2D eigenvalue weighted by atomic mass is 10.2. The monoisotopic (exact) mass is 348 g/mol. The Morgan fingerprint density at radius 3 is 2.67 bits per heavy atom. The SMILES string of the molecule is FC(F)(F)c1ccc2c(c1)nc(-c1cccs1)n2Cc1ccco1. The van der Waals surface area contributed by atoms with E-state index < -0.39 is 11.7 Å². The molecule has 0 amide bonds. The Hall–Kier alpha value is -2.54. The molecule has 0 saturated heterocycles. The highest BCUT2D eigenvalue weighted by Crippen LogP contribution is 2.34. The minimum absolute atomic E-state index is 0.319. The van der Waals surface area contributed by atoms with E-state index in [2.05, 4.69) is 4.98 Å². The van der Waals surface area contributed by atoms with E-state index in [1.807, 2.05) is 28.1 Å². The standard InChI is InChI=1S/C17H11F3N2OS/c18-17(19,20)11-5-6-14-13(9-11)21-16(15-4-2-8-24-15)22(14)10-12-3-1-7-23-12/h1-9H,10H2. The molecular weight excluding hydrogens is 337 g/mol. The number of rotatable bonds is 3. The van der Waals surface area contributed by atoms with Crippen LogP contribution in [0.15, 0.2) is 58.5 Å². The van der Waals surface area contributed by atoms with E-state index in [0.717, 1.165) is 17.0 Å². The number of fused-ring (bicyclic) bond motifs is 1. The second kappa shape index (κ2) is 5.52. The Balaban J connectivity index is 1.91. The molecule has 0 saturated carbocycles. The van der Waals surface area contributed by atoms with E-state index in [9.17, 15) is 13.2 Å². The zero-order valence-corrected chi connectivity index (χ0v) is 13.1. The van der Waals surface area contributed by atoms with Crippen LogP contribution in [0.2, 0.25) is 0 Å². The molecule has 0 aliphatic heterocycles. The highest BCUT2D eigenvalue weighted by Gasteiger charge is 2.31. The Morgan fingerprint density at radius 1 is 1.12 bits per heavy atom. The maximum Gasteiger partial charge on any atom is 0.416 e. The first-order valence-electron chi connectivity index (χ1n) is 7.16. The van der Waals surface area contributed by atoms with Crippen LogP contribution in [-0.4, -0.2) is 9.55 Å². The fourth-order valence-electron chi connectivity index (χ4n) is 2.62. The molecule has 0 aliphatic carbocycles. The second-order valence-electron chi connectivity index (χ2n) is 5.28. The molecule has 0 fully saturated rings. The maximum absolute atomic E-state index is 13.0. The fourth-order valence-corrected chi connectivity index (χ4v) is 3.34. The van der Waals surface area contributed by atoms with Gasteiger partial charge in [0.1, 0.15) is 5.76 Å². The summed E-state index contributed by atoms with van der Waals surface area (Å²) in [5.41, 5.74) is 0.262. The van der Waals surface area contributed by atoms with Crippen LogP contribution in [-0.2, 0) is 12.7 Å². The summed E-state index contributed by atoms with van der Waals surface area (Å²) in [7, 11) is 0. The van der Waals surface area contributed by atoms with Gasteiger partial charge in [-0.3, -0.25) is 0 Å². The number of nitrogens with zero attached hydrogens (tertiary/aromatic N) is 2. The quantitative estimate of drug-likeness (QED) is 0.495. The lowest BCUT2D eigenvalue weighted by Gasteiger charge is -2.08. The summed E-state index contributed by atoms with van der Waals surface area (Å²) in [5.74, 6) is 1.35. The normalized spacial score (nSPS) is 12.1. The first-order valence-corrected chi connectivity index (χ1v) is 8.04. The van der Waals surface area contributed by atoms with Gasteiger partial charge in [-0.15, -0.1) is 11.3 Å². The molecule has 24 heavy (non-hydrogen) atoms. The van der Waals surface area contributed by atoms with E-state index in [1.54, 1.807) is 12.3 Å². The number of alkyl halides is 3. The van der Waals surface area contributed by atoms with Crippen LogP contribution in [0.25, 0.3) is 21.7 Å². The van der Waals surface area contributed by atoms with Gasteiger partial charge in [0.2, 0.25) is 0 Å². The lowest BCUT2D eigenvalue weighted by molar-refractivity contribution is -0.137. The van der Waals surface area contributed by atoms with E-state index in [4.69, 9.17) is 4.42 Å². The predicted octanol–water partition coefficient (Wildman–Crippen LogP) is 5.42. The van der Waals surface area contributed by atoms with Gasteiger partial charge in [0.15, 0.2) is 5.82 Å². The Labute approximate surface area is 139 Å². The summed E-state index contributed by atoms with van der Waals surface area (Å²) in [6.07, 6.45) is -2.82. The van der Waals surface area contributed by atoms with Gasteiger partial charge in [-0.05, 0) is 41.8 Å². The minimum atomic E-state index is -4.39. The molecule has 3 aromatic heterocycles. The minimum Gasteiger partial charge on any atom is -0.467 e. The van der Waals surface area contributed by atoms with Crippen molar-refractivity contribution < 1.29 is 17.6 Å². The molecule has 1 aromatic carbocycles. The Bertz CT molecular complexity index is 970. The molecule has 3 nitrogen and oxygen atoms in total. The third-order valence-electron chi connectivity index (χ3n) is 3.71. The van der Waals surface area contributed by atoms with Gasteiger partial charge in [0.05, 0.1) is 34.3 Å². The summed E-state index contributed by atoms with van der Waals surface area (Å²) in [6.45, 7) is 0.405. The summed E-state index contributed by atoms with van der Waals surface area (Å²) < 4.78 is 46.1. The van der Waals surface area contributed by atoms with Gasteiger partial charge in [-0.1, -0.05) is 6.07 Å². The van der Waals surface area contributed by atoms with Gasteiger partial charge in [-0.25, -0.2) is 4.98 Å². The average molecular weight is 348 g/mol. The number of imidazole rings is 1. The van der Waals surface area contributed by atoms with Crippen molar-refractivity contribution in [3.63, 3.8) is 0 Å². The number of furan rings is 1. The molecule has 4 aromatic rings. The van der Waals surface area contributed by atoms with E-state index in [0.29, 0.717) is 29.2 Å². The number of hydrogen-bond acceptors (Lipinski definition) is 3. The number of halogens is 3. The van der Waals surface area contributed by atoms with Crippen LogP contribution >= 0.6 is 11.3 Å². The number of aromatic nitrogens is 2. The largest absolute Gasteiger partial charge is 0.467 e. The van der Waals surface area contributed by atoms with Gasteiger partial charge < -0.3 is 8.98 Å². The molecule has 0 N–H and O–H groups in total. The van der Waals surface area contributed by atoms with E-state index in [-0.39, 0.29) is 0 Å². The molecule has 0 atom stereocenters. The zero-order chi connectivity index (χ0) is 16.7. The van der Waals surface area contributed by atoms with Crippen molar-refractivity contribution in [3.05, 3.63) is 65.4 Å². The summed E-state index contributed by atoms with van der Waals surface area (Å²) in [5, 5.41) is 1.91. The smallest absolute Gasteiger partial charge is 0.416 e. The molecular formula is C17H11F3N2OS. The van der Waals surface area contributed by atoms with Crippen molar-refractivity contribution in [1.29, 1.82) is 0 Å². The van der Waals surface area contributed by atoms with Crippen molar-refractivity contribution in [2.75, 3.05) is 0 Å². The predicted molar refractivity (Wildman–Crippen MR) is 85.9 cm³/mol. The van der Waals surface area contributed by atoms with Crippen molar-refractivity contribution >= 4 is 22.4 Å². The first kappa shape index (κ1) is 15.0. The van der Waals surface area contributed by atoms with Crippen molar-refractivity contribution in [3.8, 4) is 10.7 Å². The zero-order valence-electron chi connectivity index (χ0n) is 12.2. The van der Waals surface area contributed by atoms with Crippen molar-refractivity contribution in [2.24, 2.45) is 0 Å². The summed E-state index contributed by atoms with van der Waals surface area (Å²) in [6, 6.07) is 11.0. The number of hydrogen-bond donors (Lipinski definition) is 0. The van der Waals surface area contributed by atoms with Crippen LogP contribution in [0, 0.1) is 0 Å². The van der Waals surface area contributed by atoms with Gasteiger partial charge in [0, 0.05) is 0 Å². The molecule has 0 spiro atoms. The number of thiophene rings is 1.